The molecule has 0 aromatic heterocycles. The van der Waals surface area contributed by atoms with Gasteiger partial charge in [-0.25, -0.2) is 8.78 Å². The minimum Gasteiger partial charge on any atom is -0.391 e. The molecule has 1 aliphatic rings. The zero-order chi connectivity index (χ0) is 13.3. The summed E-state index contributed by atoms with van der Waals surface area (Å²) in [5.41, 5.74) is 6.02. The average molecular weight is 292 g/mol. The van der Waals surface area contributed by atoms with E-state index in [0.717, 1.165) is 25.7 Å². The first kappa shape index (κ1) is 16.3. The average Bonchev–Trinajstić information content (AvgIpc) is 2.87. The van der Waals surface area contributed by atoms with E-state index in [-0.39, 0.29) is 23.9 Å². The normalized spacial score (nSPS) is 19.0. The SMILES string of the molecule is Cc1ccc(F)c([C@H](N)[C@H](O)C2CCCC2)c1F.Cl. The highest BCUT2D eigenvalue weighted by Gasteiger charge is 2.32. The standard InChI is InChI=1S/C14H19F2NO.ClH/c1-8-6-7-10(15)11(12(8)16)13(17)14(18)9-4-2-3-5-9;/h6-7,9,13-14,18H,2-5,17H2,1H3;1H/t13-,14+;/m0./s1. The summed E-state index contributed by atoms with van der Waals surface area (Å²) in [5, 5.41) is 10.2. The van der Waals surface area contributed by atoms with Crippen LogP contribution in [0.2, 0.25) is 0 Å². The van der Waals surface area contributed by atoms with Crippen molar-refractivity contribution >= 4 is 12.4 Å². The maximum Gasteiger partial charge on any atom is 0.133 e. The van der Waals surface area contributed by atoms with E-state index < -0.39 is 23.8 Å². The first-order chi connectivity index (χ1) is 8.52. The summed E-state index contributed by atoms with van der Waals surface area (Å²) in [6.45, 7) is 1.56. The van der Waals surface area contributed by atoms with Gasteiger partial charge in [0.2, 0.25) is 0 Å². The molecule has 1 aliphatic carbocycles. The number of aryl methyl sites for hydroxylation is 1. The van der Waals surface area contributed by atoms with Crippen LogP contribution >= 0.6 is 12.4 Å². The molecule has 1 aromatic carbocycles. The number of aliphatic hydroxyl groups is 1. The van der Waals surface area contributed by atoms with Gasteiger partial charge in [0.15, 0.2) is 0 Å². The van der Waals surface area contributed by atoms with Crippen LogP contribution in [0.3, 0.4) is 0 Å². The molecule has 0 heterocycles. The minimum absolute atomic E-state index is 0. The monoisotopic (exact) mass is 291 g/mol. The lowest BCUT2D eigenvalue weighted by Crippen LogP contribution is -2.33. The van der Waals surface area contributed by atoms with Gasteiger partial charge < -0.3 is 10.8 Å². The summed E-state index contributed by atoms with van der Waals surface area (Å²) in [7, 11) is 0. The number of rotatable bonds is 3. The van der Waals surface area contributed by atoms with Crippen LogP contribution in [-0.2, 0) is 0 Å². The molecule has 0 amide bonds. The Kier molecular flexibility index (Phi) is 5.71. The molecule has 2 nitrogen and oxygen atoms in total. The van der Waals surface area contributed by atoms with Crippen molar-refractivity contribution in [3.63, 3.8) is 0 Å². The van der Waals surface area contributed by atoms with Gasteiger partial charge in [-0.05, 0) is 37.3 Å². The highest BCUT2D eigenvalue weighted by molar-refractivity contribution is 5.85. The Balaban J connectivity index is 0.00000180. The Morgan fingerprint density at radius 2 is 1.84 bits per heavy atom. The second-order valence-corrected chi connectivity index (χ2v) is 5.15. The molecule has 0 aliphatic heterocycles. The lowest BCUT2D eigenvalue weighted by atomic mass is 9.89. The zero-order valence-corrected chi connectivity index (χ0v) is 11.7. The third kappa shape index (κ3) is 3.25. The van der Waals surface area contributed by atoms with Gasteiger partial charge in [-0.2, -0.15) is 0 Å². The molecule has 19 heavy (non-hydrogen) atoms. The third-order valence-electron chi connectivity index (χ3n) is 3.90. The Morgan fingerprint density at radius 3 is 2.42 bits per heavy atom. The number of aliphatic hydroxyl groups excluding tert-OH is 1. The van der Waals surface area contributed by atoms with E-state index in [9.17, 15) is 13.9 Å². The summed E-state index contributed by atoms with van der Waals surface area (Å²) in [4.78, 5) is 0. The van der Waals surface area contributed by atoms with Gasteiger partial charge in [-0.15, -0.1) is 12.4 Å². The molecule has 3 N–H and O–H groups in total. The molecule has 0 unspecified atom stereocenters. The van der Waals surface area contributed by atoms with Crippen LogP contribution < -0.4 is 5.73 Å². The van der Waals surface area contributed by atoms with Gasteiger partial charge >= 0.3 is 0 Å². The topological polar surface area (TPSA) is 46.2 Å². The fraction of sp³-hybridized carbons (Fsp3) is 0.571. The van der Waals surface area contributed by atoms with E-state index in [2.05, 4.69) is 0 Å². The first-order valence-electron chi connectivity index (χ1n) is 6.40. The van der Waals surface area contributed by atoms with Crippen LogP contribution in [0, 0.1) is 24.5 Å². The number of halogens is 3. The highest BCUT2D eigenvalue weighted by Crippen LogP contribution is 2.34. The van der Waals surface area contributed by atoms with Crippen LogP contribution in [0.4, 0.5) is 8.78 Å². The molecule has 0 bridgehead atoms. The summed E-state index contributed by atoms with van der Waals surface area (Å²) in [6, 6.07) is 1.59. The number of nitrogens with two attached hydrogens (primary N) is 1. The van der Waals surface area contributed by atoms with Gasteiger partial charge in [0.05, 0.1) is 12.1 Å². The van der Waals surface area contributed by atoms with Crippen molar-refractivity contribution in [2.45, 2.75) is 44.8 Å². The Labute approximate surface area is 118 Å². The van der Waals surface area contributed by atoms with Gasteiger partial charge in [0.25, 0.3) is 0 Å². The van der Waals surface area contributed by atoms with Crippen molar-refractivity contribution in [1.82, 2.24) is 0 Å². The van der Waals surface area contributed by atoms with E-state index in [0.29, 0.717) is 5.56 Å². The molecule has 0 spiro atoms. The molecule has 2 rings (SSSR count). The quantitative estimate of drug-likeness (QED) is 0.898. The van der Waals surface area contributed by atoms with Crippen molar-refractivity contribution in [3.05, 3.63) is 34.9 Å². The van der Waals surface area contributed by atoms with Crippen LogP contribution in [0.5, 0.6) is 0 Å². The number of hydrogen-bond acceptors (Lipinski definition) is 2. The van der Waals surface area contributed by atoms with E-state index in [1.807, 2.05) is 0 Å². The van der Waals surface area contributed by atoms with Gasteiger partial charge in [0, 0.05) is 5.56 Å². The van der Waals surface area contributed by atoms with Crippen LogP contribution in [-0.4, -0.2) is 11.2 Å². The van der Waals surface area contributed by atoms with Crippen molar-refractivity contribution < 1.29 is 13.9 Å². The molecule has 108 valence electrons. The number of hydrogen-bond donors (Lipinski definition) is 2. The highest BCUT2D eigenvalue weighted by atomic mass is 35.5. The second-order valence-electron chi connectivity index (χ2n) is 5.15. The molecule has 0 radical (unpaired) electrons. The molecule has 1 saturated carbocycles. The molecular formula is C14H20ClF2NO. The fourth-order valence-electron chi connectivity index (χ4n) is 2.75. The largest absolute Gasteiger partial charge is 0.391 e. The lowest BCUT2D eigenvalue weighted by molar-refractivity contribution is 0.0819. The van der Waals surface area contributed by atoms with Gasteiger partial charge in [0.1, 0.15) is 11.6 Å². The zero-order valence-electron chi connectivity index (χ0n) is 10.9. The van der Waals surface area contributed by atoms with Crippen LogP contribution in [0.15, 0.2) is 12.1 Å². The smallest absolute Gasteiger partial charge is 0.133 e. The fourth-order valence-corrected chi connectivity index (χ4v) is 2.75. The van der Waals surface area contributed by atoms with Crippen molar-refractivity contribution in [2.75, 3.05) is 0 Å². The summed E-state index contributed by atoms with van der Waals surface area (Å²) in [5.74, 6) is -1.26. The number of benzene rings is 1. The van der Waals surface area contributed by atoms with Gasteiger partial charge in [-0.3, -0.25) is 0 Å². The van der Waals surface area contributed by atoms with Crippen molar-refractivity contribution in [1.29, 1.82) is 0 Å². The predicted molar refractivity (Wildman–Crippen MR) is 73.2 cm³/mol. The van der Waals surface area contributed by atoms with Gasteiger partial charge in [-0.1, -0.05) is 18.9 Å². The molecule has 1 fully saturated rings. The molecule has 5 heteroatoms. The Hall–Kier alpha value is -0.710. The third-order valence-corrected chi connectivity index (χ3v) is 3.90. The molecule has 0 saturated heterocycles. The van der Waals surface area contributed by atoms with Crippen molar-refractivity contribution in [3.8, 4) is 0 Å². The van der Waals surface area contributed by atoms with E-state index in [4.69, 9.17) is 5.73 Å². The first-order valence-corrected chi connectivity index (χ1v) is 6.40. The Bertz CT molecular complexity index is 436. The van der Waals surface area contributed by atoms with E-state index >= 15 is 0 Å². The van der Waals surface area contributed by atoms with Crippen molar-refractivity contribution in [2.24, 2.45) is 11.7 Å². The maximum absolute atomic E-state index is 13.9. The van der Waals surface area contributed by atoms with Crippen LogP contribution in [0.25, 0.3) is 0 Å². The maximum atomic E-state index is 13.9. The second kappa shape index (κ2) is 6.64. The molecular weight excluding hydrogens is 272 g/mol. The summed E-state index contributed by atoms with van der Waals surface area (Å²) < 4.78 is 27.6. The van der Waals surface area contributed by atoms with E-state index in [1.165, 1.54) is 12.1 Å². The Morgan fingerprint density at radius 1 is 1.26 bits per heavy atom. The van der Waals surface area contributed by atoms with Crippen LogP contribution in [0.1, 0.15) is 42.9 Å². The molecule has 1 aromatic rings. The predicted octanol–water partition coefficient (Wildman–Crippen LogP) is 3.25. The summed E-state index contributed by atoms with van der Waals surface area (Å²) >= 11 is 0. The minimum atomic E-state index is -0.993. The summed E-state index contributed by atoms with van der Waals surface area (Å²) in [6.07, 6.45) is 2.98. The lowest BCUT2D eigenvalue weighted by Gasteiger charge is -2.25. The molecule has 2 atom stereocenters. The van der Waals surface area contributed by atoms with E-state index in [1.54, 1.807) is 6.92 Å².